The standard InChI is InChI=1S/C17H15BrClN5OS2/c1-2-24-16(11-3-5-12(19)6-4-11)22-23-17(24)26-10-15(25)21-20-9-13-7-8-14(18)27-13/h3-9H,2,10H2,1H3,(H,21,25)/b20-9-. The molecule has 0 saturated heterocycles. The van der Waals surface area contributed by atoms with Crippen molar-refractivity contribution in [3.8, 4) is 11.4 Å². The Kier molecular flexibility index (Phi) is 7.06. The summed E-state index contributed by atoms with van der Waals surface area (Å²) in [6.45, 7) is 2.71. The molecule has 3 aromatic rings. The number of benzene rings is 1. The van der Waals surface area contributed by atoms with Gasteiger partial charge in [-0.2, -0.15) is 5.10 Å². The van der Waals surface area contributed by atoms with E-state index in [1.807, 2.05) is 47.9 Å². The number of halogens is 2. The monoisotopic (exact) mass is 483 g/mol. The lowest BCUT2D eigenvalue weighted by Crippen LogP contribution is -2.19. The van der Waals surface area contributed by atoms with E-state index in [2.05, 4.69) is 36.7 Å². The summed E-state index contributed by atoms with van der Waals surface area (Å²) >= 11 is 12.2. The fraction of sp³-hybridized carbons (Fsp3) is 0.176. The fourth-order valence-electron chi connectivity index (χ4n) is 2.22. The number of nitrogens with one attached hydrogen (secondary N) is 1. The van der Waals surface area contributed by atoms with Gasteiger partial charge in [-0.05, 0) is 59.3 Å². The van der Waals surface area contributed by atoms with Gasteiger partial charge in [-0.1, -0.05) is 23.4 Å². The molecule has 140 valence electrons. The Morgan fingerprint density at radius 2 is 2.11 bits per heavy atom. The molecule has 1 amide bonds. The van der Waals surface area contributed by atoms with Crippen LogP contribution in [0.3, 0.4) is 0 Å². The van der Waals surface area contributed by atoms with Gasteiger partial charge in [-0.25, -0.2) is 5.43 Å². The summed E-state index contributed by atoms with van der Waals surface area (Å²) < 4.78 is 2.98. The Morgan fingerprint density at radius 1 is 1.33 bits per heavy atom. The highest BCUT2D eigenvalue weighted by atomic mass is 79.9. The van der Waals surface area contributed by atoms with Gasteiger partial charge in [0.2, 0.25) is 0 Å². The Hall–Kier alpha value is -1.68. The Bertz CT molecular complexity index is 955. The summed E-state index contributed by atoms with van der Waals surface area (Å²) in [7, 11) is 0. The summed E-state index contributed by atoms with van der Waals surface area (Å²) in [5.74, 6) is 0.744. The van der Waals surface area contributed by atoms with Gasteiger partial charge in [0, 0.05) is 22.0 Å². The molecule has 0 aliphatic carbocycles. The summed E-state index contributed by atoms with van der Waals surface area (Å²) in [4.78, 5) is 13.0. The van der Waals surface area contributed by atoms with Gasteiger partial charge in [0.1, 0.15) is 0 Å². The number of thiophene rings is 1. The van der Waals surface area contributed by atoms with Crippen molar-refractivity contribution in [1.82, 2.24) is 20.2 Å². The van der Waals surface area contributed by atoms with Crippen molar-refractivity contribution in [1.29, 1.82) is 0 Å². The number of nitrogens with zero attached hydrogens (tertiary/aromatic N) is 4. The Labute approximate surface area is 178 Å². The van der Waals surface area contributed by atoms with Crippen molar-refractivity contribution in [2.45, 2.75) is 18.6 Å². The summed E-state index contributed by atoms with van der Waals surface area (Å²) in [5.41, 5.74) is 3.45. The largest absolute Gasteiger partial charge is 0.302 e. The molecule has 1 aromatic carbocycles. The second-order valence-corrected chi connectivity index (χ2v) is 9.15. The van der Waals surface area contributed by atoms with E-state index in [0.717, 1.165) is 20.1 Å². The fourth-order valence-corrected chi connectivity index (χ4v) is 4.44. The van der Waals surface area contributed by atoms with Crippen LogP contribution in [0.15, 0.2) is 50.4 Å². The molecule has 3 rings (SSSR count). The summed E-state index contributed by atoms with van der Waals surface area (Å²) in [5, 5.41) is 13.8. The summed E-state index contributed by atoms with van der Waals surface area (Å²) in [6.07, 6.45) is 1.62. The lowest BCUT2D eigenvalue weighted by atomic mass is 10.2. The van der Waals surface area contributed by atoms with Crippen molar-refractivity contribution in [2.24, 2.45) is 5.10 Å². The zero-order chi connectivity index (χ0) is 19.2. The number of thioether (sulfide) groups is 1. The van der Waals surface area contributed by atoms with Crippen LogP contribution in [-0.4, -0.2) is 32.6 Å². The highest BCUT2D eigenvalue weighted by molar-refractivity contribution is 9.11. The minimum Gasteiger partial charge on any atom is -0.302 e. The molecule has 0 unspecified atom stereocenters. The Morgan fingerprint density at radius 3 is 2.78 bits per heavy atom. The van der Waals surface area contributed by atoms with Crippen LogP contribution in [0.2, 0.25) is 5.02 Å². The number of rotatable bonds is 7. The molecule has 0 aliphatic rings. The van der Waals surface area contributed by atoms with E-state index in [0.29, 0.717) is 16.7 Å². The second kappa shape index (κ2) is 9.50. The van der Waals surface area contributed by atoms with Crippen LogP contribution in [0.25, 0.3) is 11.4 Å². The average molecular weight is 485 g/mol. The van der Waals surface area contributed by atoms with E-state index >= 15 is 0 Å². The molecule has 0 radical (unpaired) electrons. The van der Waals surface area contributed by atoms with E-state index in [4.69, 9.17) is 11.6 Å². The normalized spacial score (nSPS) is 11.2. The number of hydrogen-bond acceptors (Lipinski definition) is 6. The average Bonchev–Trinajstić information content (AvgIpc) is 3.26. The summed E-state index contributed by atoms with van der Waals surface area (Å²) in [6, 6.07) is 11.3. The van der Waals surface area contributed by atoms with Gasteiger partial charge >= 0.3 is 0 Å². The number of carbonyl (C=O) groups excluding carboxylic acids is 1. The smallest absolute Gasteiger partial charge is 0.250 e. The molecule has 0 saturated carbocycles. The minimum atomic E-state index is -0.203. The molecule has 0 bridgehead atoms. The van der Waals surface area contributed by atoms with E-state index in [9.17, 15) is 4.79 Å². The van der Waals surface area contributed by atoms with E-state index in [1.54, 1.807) is 6.21 Å². The van der Waals surface area contributed by atoms with Crippen LogP contribution in [0.1, 0.15) is 11.8 Å². The first-order valence-electron chi connectivity index (χ1n) is 7.96. The molecule has 0 aliphatic heterocycles. The highest BCUT2D eigenvalue weighted by Gasteiger charge is 2.14. The number of carbonyl (C=O) groups is 1. The van der Waals surface area contributed by atoms with Crippen LogP contribution in [0, 0.1) is 0 Å². The lowest BCUT2D eigenvalue weighted by molar-refractivity contribution is -0.118. The van der Waals surface area contributed by atoms with Crippen molar-refractivity contribution < 1.29 is 4.79 Å². The van der Waals surface area contributed by atoms with E-state index in [1.165, 1.54) is 23.1 Å². The Balaban J connectivity index is 1.59. The molecule has 6 nitrogen and oxygen atoms in total. The number of aromatic nitrogens is 3. The lowest BCUT2D eigenvalue weighted by Gasteiger charge is -2.07. The van der Waals surface area contributed by atoms with Crippen molar-refractivity contribution >= 4 is 62.8 Å². The predicted molar refractivity (Wildman–Crippen MR) is 115 cm³/mol. The molecule has 2 aromatic heterocycles. The maximum absolute atomic E-state index is 12.0. The third-order valence-electron chi connectivity index (χ3n) is 3.44. The molecular formula is C17H15BrClN5OS2. The molecule has 0 atom stereocenters. The molecular weight excluding hydrogens is 470 g/mol. The molecule has 10 heteroatoms. The number of hydrazone groups is 1. The second-order valence-electron chi connectivity index (χ2n) is 5.28. The molecule has 0 fully saturated rings. The zero-order valence-corrected chi connectivity index (χ0v) is 18.2. The van der Waals surface area contributed by atoms with Gasteiger partial charge in [-0.3, -0.25) is 4.79 Å². The van der Waals surface area contributed by atoms with Gasteiger partial charge < -0.3 is 4.57 Å². The van der Waals surface area contributed by atoms with Gasteiger partial charge in [0.15, 0.2) is 11.0 Å². The van der Waals surface area contributed by atoms with Crippen LogP contribution in [0.5, 0.6) is 0 Å². The predicted octanol–water partition coefficient (Wildman–Crippen LogP) is 4.68. The van der Waals surface area contributed by atoms with Gasteiger partial charge in [0.05, 0.1) is 15.8 Å². The molecule has 0 spiro atoms. The van der Waals surface area contributed by atoms with E-state index in [-0.39, 0.29) is 11.7 Å². The highest BCUT2D eigenvalue weighted by Crippen LogP contribution is 2.25. The van der Waals surface area contributed by atoms with Crippen molar-refractivity contribution in [3.05, 3.63) is 50.1 Å². The van der Waals surface area contributed by atoms with Crippen LogP contribution in [-0.2, 0) is 11.3 Å². The van der Waals surface area contributed by atoms with Crippen LogP contribution >= 0.6 is 50.6 Å². The maximum atomic E-state index is 12.0. The topological polar surface area (TPSA) is 72.2 Å². The SMILES string of the molecule is CCn1c(SCC(=O)N/N=C\c2ccc(Br)s2)nnc1-c1ccc(Cl)cc1. The number of amides is 1. The molecule has 1 N–H and O–H groups in total. The zero-order valence-electron chi connectivity index (χ0n) is 14.2. The quantitative estimate of drug-likeness (QED) is 0.300. The van der Waals surface area contributed by atoms with Crippen molar-refractivity contribution in [3.63, 3.8) is 0 Å². The van der Waals surface area contributed by atoms with Gasteiger partial charge in [-0.15, -0.1) is 21.5 Å². The van der Waals surface area contributed by atoms with Crippen LogP contribution < -0.4 is 5.43 Å². The third kappa shape index (κ3) is 5.41. The molecule has 27 heavy (non-hydrogen) atoms. The first-order chi connectivity index (χ1) is 13.1. The van der Waals surface area contributed by atoms with E-state index < -0.39 is 0 Å². The minimum absolute atomic E-state index is 0.199. The molecule has 2 heterocycles. The van der Waals surface area contributed by atoms with Crippen LogP contribution in [0.4, 0.5) is 0 Å². The first-order valence-corrected chi connectivity index (χ1v) is 10.9. The van der Waals surface area contributed by atoms with Crippen molar-refractivity contribution in [2.75, 3.05) is 5.75 Å². The third-order valence-corrected chi connectivity index (χ3v) is 6.22. The first kappa shape index (κ1) is 20.1. The maximum Gasteiger partial charge on any atom is 0.250 e. The van der Waals surface area contributed by atoms with Gasteiger partial charge in [0.25, 0.3) is 5.91 Å². The number of hydrogen-bond donors (Lipinski definition) is 1.